The number of nitrogens with zero attached hydrogens (tertiary/aromatic N) is 3. The monoisotopic (exact) mass is 314 g/mol. The predicted molar refractivity (Wildman–Crippen MR) is 85.0 cm³/mol. The molecule has 1 N–H and O–H groups in total. The first-order chi connectivity index (χ1) is 10.5. The lowest BCUT2D eigenvalue weighted by Crippen LogP contribution is -2.30. The van der Waals surface area contributed by atoms with E-state index in [0.717, 1.165) is 9.96 Å². The van der Waals surface area contributed by atoms with Crippen molar-refractivity contribution >= 4 is 29.5 Å². The normalized spacial score (nSPS) is 11.4. The number of aromatic amines is 1. The summed E-state index contributed by atoms with van der Waals surface area (Å²) in [6.07, 6.45) is 3.25. The van der Waals surface area contributed by atoms with E-state index in [2.05, 4.69) is 15.2 Å². The fourth-order valence-electron chi connectivity index (χ4n) is 2.00. The van der Waals surface area contributed by atoms with E-state index in [4.69, 9.17) is 11.6 Å². The molecule has 0 saturated carbocycles. The average Bonchev–Trinajstić information content (AvgIpc) is 2.47. The van der Waals surface area contributed by atoms with Crippen molar-refractivity contribution < 1.29 is 0 Å². The van der Waals surface area contributed by atoms with Crippen molar-refractivity contribution in [3.8, 4) is 0 Å². The van der Waals surface area contributed by atoms with Crippen LogP contribution in [0.5, 0.6) is 0 Å². The number of H-pyrrole nitrogens is 1. The topological polar surface area (TPSA) is 80.1 Å². The number of halogens is 1. The summed E-state index contributed by atoms with van der Waals surface area (Å²) in [6.45, 7) is 1.67. The molecule has 3 rings (SSSR count). The van der Waals surface area contributed by atoms with Gasteiger partial charge in [-0.25, -0.2) is 14.5 Å². The van der Waals surface area contributed by atoms with Crippen molar-refractivity contribution in [2.24, 2.45) is 0 Å². The van der Waals surface area contributed by atoms with E-state index >= 15 is 0 Å². The van der Waals surface area contributed by atoms with Crippen LogP contribution in [-0.4, -0.2) is 19.6 Å². The summed E-state index contributed by atoms with van der Waals surface area (Å²) >= 11 is 5.81. The highest BCUT2D eigenvalue weighted by molar-refractivity contribution is 6.30. The Morgan fingerprint density at radius 1 is 1.18 bits per heavy atom. The molecule has 0 fully saturated rings. The Bertz CT molecular complexity index is 987. The molecule has 0 spiro atoms. The summed E-state index contributed by atoms with van der Waals surface area (Å²) in [5.74, 6) is 0.124. The van der Waals surface area contributed by atoms with Crippen LogP contribution >= 0.6 is 11.6 Å². The fraction of sp³-hybridized carbons (Fsp3) is 0.0667. The van der Waals surface area contributed by atoms with Crippen molar-refractivity contribution in [2.45, 2.75) is 6.92 Å². The number of hydrogen-bond donors (Lipinski definition) is 1. The predicted octanol–water partition coefficient (Wildman–Crippen LogP) is 1.91. The zero-order valence-electron chi connectivity index (χ0n) is 11.6. The molecule has 0 saturated heterocycles. The summed E-state index contributed by atoms with van der Waals surface area (Å²) in [7, 11) is 0. The van der Waals surface area contributed by atoms with Gasteiger partial charge in [-0.05, 0) is 30.7 Å². The van der Waals surface area contributed by atoms with Crippen molar-refractivity contribution in [2.75, 3.05) is 0 Å². The number of nitrogens with one attached hydrogen (secondary N) is 1. The summed E-state index contributed by atoms with van der Waals surface area (Å²) < 4.78 is 0.960. The lowest BCUT2D eigenvalue weighted by Gasteiger charge is -2.01. The van der Waals surface area contributed by atoms with Crippen LogP contribution in [0, 0.1) is 6.92 Å². The zero-order valence-corrected chi connectivity index (χ0v) is 12.3. The summed E-state index contributed by atoms with van der Waals surface area (Å²) in [5, 5.41) is 7.20. The first-order valence-corrected chi connectivity index (χ1v) is 6.85. The zero-order chi connectivity index (χ0) is 15.7. The minimum Gasteiger partial charge on any atom is -0.269 e. The molecule has 6 nitrogen and oxygen atoms in total. The van der Waals surface area contributed by atoms with Gasteiger partial charge < -0.3 is 0 Å². The molecule has 0 atom stereocenters. The minimum atomic E-state index is -0.517. The molecule has 0 amide bonds. The third-order valence-electron chi connectivity index (χ3n) is 3.05. The SMILES string of the molecule is Cc1cc(=O)n2c(=O)c(/C=C\c3ccc(Cl)cc3)n[nH]c2n1. The molecule has 110 valence electrons. The molecule has 2 heterocycles. The van der Waals surface area contributed by atoms with Gasteiger partial charge in [0.15, 0.2) is 0 Å². The third-order valence-corrected chi connectivity index (χ3v) is 3.30. The number of fused-ring (bicyclic) bond motifs is 1. The number of benzene rings is 1. The molecule has 1 aromatic carbocycles. The Kier molecular flexibility index (Phi) is 3.60. The second kappa shape index (κ2) is 5.57. The highest BCUT2D eigenvalue weighted by atomic mass is 35.5. The molecule has 0 aliphatic heterocycles. The summed E-state index contributed by atoms with van der Waals surface area (Å²) in [4.78, 5) is 28.3. The van der Waals surface area contributed by atoms with Gasteiger partial charge in [0.2, 0.25) is 5.78 Å². The van der Waals surface area contributed by atoms with Crippen molar-refractivity contribution in [3.05, 3.63) is 73.0 Å². The van der Waals surface area contributed by atoms with Gasteiger partial charge in [-0.3, -0.25) is 9.59 Å². The highest BCUT2D eigenvalue weighted by Gasteiger charge is 2.07. The van der Waals surface area contributed by atoms with Crippen molar-refractivity contribution in [1.29, 1.82) is 0 Å². The largest absolute Gasteiger partial charge is 0.288 e. The standard InChI is InChI=1S/C15H11ClN4O2/c1-9-8-13(21)20-14(22)12(18-19-15(20)17-9)7-4-10-2-5-11(16)6-3-10/h2-8H,1H3,(H,17,19)/b7-4-. The van der Waals surface area contributed by atoms with Gasteiger partial charge >= 0.3 is 0 Å². The van der Waals surface area contributed by atoms with Crippen LogP contribution in [0.2, 0.25) is 5.02 Å². The highest BCUT2D eigenvalue weighted by Crippen LogP contribution is 2.11. The molecule has 22 heavy (non-hydrogen) atoms. The molecular weight excluding hydrogens is 304 g/mol. The Balaban J connectivity index is 2.09. The second-order valence-electron chi connectivity index (χ2n) is 4.69. The minimum absolute atomic E-state index is 0.121. The first kappa shape index (κ1) is 14.2. The van der Waals surface area contributed by atoms with Gasteiger partial charge in [0.25, 0.3) is 11.1 Å². The Labute approximate surface area is 129 Å². The third kappa shape index (κ3) is 2.68. The number of aromatic nitrogens is 4. The first-order valence-electron chi connectivity index (χ1n) is 6.47. The van der Waals surface area contributed by atoms with E-state index < -0.39 is 11.1 Å². The Morgan fingerprint density at radius 2 is 1.91 bits per heavy atom. The summed E-state index contributed by atoms with van der Waals surface area (Å²) in [6, 6.07) is 8.41. The molecule has 0 bridgehead atoms. The number of rotatable bonds is 2. The van der Waals surface area contributed by atoms with Crippen molar-refractivity contribution in [3.63, 3.8) is 0 Å². The second-order valence-corrected chi connectivity index (χ2v) is 5.13. The van der Waals surface area contributed by atoms with E-state index in [0.29, 0.717) is 10.7 Å². The molecule has 0 aliphatic rings. The van der Waals surface area contributed by atoms with Gasteiger partial charge in [0.1, 0.15) is 5.69 Å². The molecule has 0 aliphatic carbocycles. The van der Waals surface area contributed by atoms with Crippen LogP contribution in [0.25, 0.3) is 17.9 Å². The molecular formula is C15H11ClN4O2. The van der Waals surface area contributed by atoms with Gasteiger partial charge in [-0.1, -0.05) is 29.8 Å². The summed E-state index contributed by atoms with van der Waals surface area (Å²) in [5.41, 5.74) is 0.547. The van der Waals surface area contributed by atoms with Gasteiger partial charge in [0.05, 0.1) is 0 Å². The fourth-order valence-corrected chi connectivity index (χ4v) is 2.12. The van der Waals surface area contributed by atoms with Crippen LogP contribution in [0.3, 0.4) is 0 Å². The Hall–Kier alpha value is -2.73. The quantitative estimate of drug-likeness (QED) is 0.783. The smallest absolute Gasteiger partial charge is 0.269 e. The van der Waals surface area contributed by atoms with Crippen LogP contribution in [-0.2, 0) is 0 Å². The lowest BCUT2D eigenvalue weighted by molar-refractivity contribution is 0.862. The molecule has 2 aromatic heterocycles. The van der Waals surface area contributed by atoms with E-state index in [9.17, 15) is 9.59 Å². The van der Waals surface area contributed by atoms with Crippen LogP contribution in [0.1, 0.15) is 17.0 Å². The van der Waals surface area contributed by atoms with Gasteiger partial charge in [-0.15, -0.1) is 0 Å². The van der Waals surface area contributed by atoms with Crippen molar-refractivity contribution in [1.82, 2.24) is 19.6 Å². The van der Waals surface area contributed by atoms with E-state index in [-0.39, 0.29) is 11.5 Å². The van der Waals surface area contributed by atoms with E-state index in [1.165, 1.54) is 12.1 Å². The number of aryl methyl sites for hydroxylation is 1. The lowest BCUT2D eigenvalue weighted by atomic mass is 10.2. The molecule has 7 heteroatoms. The maximum absolute atomic E-state index is 12.3. The van der Waals surface area contributed by atoms with E-state index in [1.54, 1.807) is 25.1 Å². The average molecular weight is 315 g/mol. The Morgan fingerprint density at radius 3 is 2.64 bits per heavy atom. The maximum atomic E-state index is 12.3. The molecule has 0 radical (unpaired) electrons. The molecule has 3 aromatic rings. The van der Waals surface area contributed by atoms with Gasteiger partial charge in [-0.2, -0.15) is 5.10 Å². The molecule has 0 unspecified atom stereocenters. The van der Waals surface area contributed by atoms with Crippen LogP contribution in [0.15, 0.2) is 39.9 Å². The number of hydrogen-bond acceptors (Lipinski definition) is 4. The van der Waals surface area contributed by atoms with Gasteiger partial charge in [0, 0.05) is 16.8 Å². The van der Waals surface area contributed by atoms with Crippen LogP contribution < -0.4 is 11.1 Å². The maximum Gasteiger partial charge on any atom is 0.288 e. The van der Waals surface area contributed by atoms with E-state index in [1.807, 2.05) is 12.1 Å². The van der Waals surface area contributed by atoms with Crippen LogP contribution in [0.4, 0.5) is 0 Å².